The number of carboxylic acid groups (broad SMARTS) is 1. The van der Waals surface area contributed by atoms with E-state index in [4.69, 9.17) is 0 Å². The lowest BCUT2D eigenvalue weighted by atomic mass is 10.0. The van der Waals surface area contributed by atoms with E-state index in [1.807, 2.05) is 39.0 Å². The summed E-state index contributed by atoms with van der Waals surface area (Å²) in [6, 6.07) is 15.0. The molecule has 0 saturated heterocycles. The molecule has 0 aliphatic rings. The number of benzene rings is 2. The molecule has 0 aliphatic carbocycles. The van der Waals surface area contributed by atoms with Crippen molar-refractivity contribution in [2.24, 2.45) is 0 Å². The van der Waals surface area contributed by atoms with Crippen molar-refractivity contribution in [2.45, 2.75) is 33.6 Å². The first-order valence-electron chi connectivity index (χ1n) is 8.89. The van der Waals surface area contributed by atoms with E-state index in [1.54, 1.807) is 28.9 Å². The standard InChI is InChI=1S/C22H21N3O2/c1-4-6-19-20(22(26)27)21(17-8-5-7-16(12-17)13-23)24-25(19)18-10-9-14(2)15(3)11-18/h5,7-12H,4,6H2,1-3H3,(H,26,27). The zero-order chi connectivity index (χ0) is 19.6. The third kappa shape index (κ3) is 3.47. The van der Waals surface area contributed by atoms with E-state index in [9.17, 15) is 15.2 Å². The molecule has 0 amide bonds. The minimum atomic E-state index is -1.01. The number of hydrogen-bond donors (Lipinski definition) is 1. The minimum Gasteiger partial charge on any atom is -0.478 e. The summed E-state index contributed by atoms with van der Waals surface area (Å²) in [5.41, 5.74) is 5.50. The predicted octanol–water partition coefficient (Wildman–Crippen LogP) is 4.68. The molecule has 136 valence electrons. The maximum atomic E-state index is 12.1. The van der Waals surface area contributed by atoms with Crippen LogP contribution in [0.3, 0.4) is 0 Å². The van der Waals surface area contributed by atoms with Crippen LogP contribution in [0.15, 0.2) is 42.5 Å². The molecule has 3 rings (SSSR count). The minimum absolute atomic E-state index is 0.199. The van der Waals surface area contributed by atoms with Crippen LogP contribution in [0.4, 0.5) is 0 Å². The van der Waals surface area contributed by atoms with E-state index < -0.39 is 5.97 Å². The molecule has 1 aromatic heterocycles. The predicted molar refractivity (Wildman–Crippen MR) is 104 cm³/mol. The largest absolute Gasteiger partial charge is 0.478 e. The van der Waals surface area contributed by atoms with Crippen molar-refractivity contribution in [3.63, 3.8) is 0 Å². The Hall–Kier alpha value is -3.39. The van der Waals surface area contributed by atoms with Crippen LogP contribution in [-0.2, 0) is 6.42 Å². The van der Waals surface area contributed by atoms with Gasteiger partial charge in [-0.05, 0) is 55.7 Å². The molecule has 5 nitrogen and oxygen atoms in total. The van der Waals surface area contributed by atoms with E-state index in [1.165, 1.54) is 5.56 Å². The van der Waals surface area contributed by atoms with E-state index in [2.05, 4.69) is 11.2 Å². The molecule has 0 saturated carbocycles. The quantitative estimate of drug-likeness (QED) is 0.717. The third-order valence-electron chi connectivity index (χ3n) is 4.68. The Balaban J connectivity index is 2.29. The van der Waals surface area contributed by atoms with Gasteiger partial charge in [-0.1, -0.05) is 31.5 Å². The Morgan fingerprint density at radius 1 is 1.19 bits per heavy atom. The molecule has 0 aliphatic heterocycles. The first-order chi connectivity index (χ1) is 13.0. The fourth-order valence-electron chi connectivity index (χ4n) is 3.15. The van der Waals surface area contributed by atoms with E-state index in [0.717, 1.165) is 17.7 Å². The zero-order valence-corrected chi connectivity index (χ0v) is 15.7. The maximum Gasteiger partial charge on any atom is 0.339 e. The number of rotatable bonds is 5. The van der Waals surface area contributed by atoms with Crippen molar-refractivity contribution in [1.29, 1.82) is 5.26 Å². The van der Waals surface area contributed by atoms with Gasteiger partial charge in [0, 0.05) is 5.56 Å². The van der Waals surface area contributed by atoms with Crippen LogP contribution in [0.5, 0.6) is 0 Å². The van der Waals surface area contributed by atoms with Gasteiger partial charge in [-0.3, -0.25) is 0 Å². The molecule has 5 heteroatoms. The summed E-state index contributed by atoms with van der Waals surface area (Å²) in [4.78, 5) is 12.1. The van der Waals surface area contributed by atoms with Crippen LogP contribution >= 0.6 is 0 Å². The maximum absolute atomic E-state index is 12.1. The fourth-order valence-corrected chi connectivity index (χ4v) is 3.15. The number of nitrogens with zero attached hydrogens (tertiary/aromatic N) is 3. The summed E-state index contributed by atoms with van der Waals surface area (Å²) >= 11 is 0. The average molecular weight is 359 g/mol. The second kappa shape index (κ2) is 7.46. The number of aromatic carboxylic acids is 1. The molecule has 1 heterocycles. The summed E-state index contributed by atoms with van der Waals surface area (Å²) in [6.45, 7) is 6.08. The van der Waals surface area contributed by atoms with Gasteiger partial charge in [0.1, 0.15) is 11.3 Å². The van der Waals surface area contributed by atoms with Gasteiger partial charge in [0.05, 0.1) is 23.0 Å². The molecule has 0 spiro atoms. The highest BCUT2D eigenvalue weighted by atomic mass is 16.4. The lowest BCUT2D eigenvalue weighted by Gasteiger charge is -2.09. The van der Waals surface area contributed by atoms with Crippen LogP contribution in [0.2, 0.25) is 0 Å². The molecule has 0 radical (unpaired) electrons. The van der Waals surface area contributed by atoms with Crippen molar-refractivity contribution in [3.05, 3.63) is 70.4 Å². The monoisotopic (exact) mass is 359 g/mol. The van der Waals surface area contributed by atoms with Crippen LogP contribution < -0.4 is 0 Å². The molecule has 2 aromatic carbocycles. The SMILES string of the molecule is CCCc1c(C(=O)O)c(-c2cccc(C#N)c2)nn1-c1ccc(C)c(C)c1. The number of aryl methyl sites for hydroxylation is 2. The molecule has 0 atom stereocenters. The normalized spacial score (nSPS) is 10.6. The van der Waals surface area contributed by atoms with Crippen LogP contribution in [0.1, 0.15) is 46.1 Å². The second-order valence-electron chi connectivity index (χ2n) is 6.60. The van der Waals surface area contributed by atoms with Gasteiger partial charge in [0.25, 0.3) is 0 Å². The molecule has 0 bridgehead atoms. The molecule has 3 aromatic rings. The van der Waals surface area contributed by atoms with Gasteiger partial charge in [-0.15, -0.1) is 0 Å². The van der Waals surface area contributed by atoms with Gasteiger partial charge < -0.3 is 5.11 Å². The smallest absolute Gasteiger partial charge is 0.339 e. The number of nitriles is 1. The number of aromatic nitrogens is 2. The molecular formula is C22H21N3O2. The van der Waals surface area contributed by atoms with E-state index in [0.29, 0.717) is 28.9 Å². The third-order valence-corrected chi connectivity index (χ3v) is 4.68. The number of carbonyl (C=O) groups is 1. The van der Waals surface area contributed by atoms with E-state index in [-0.39, 0.29) is 5.56 Å². The molecule has 0 fully saturated rings. The van der Waals surface area contributed by atoms with Crippen LogP contribution in [0.25, 0.3) is 16.9 Å². The lowest BCUT2D eigenvalue weighted by Crippen LogP contribution is -2.07. The fraction of sp³-hybridized carbons (Fsp3) is 0.227. The lowest BCUT2D eigenvalue weighted by molar-refractivity contribution is 0.0696. The topological polar surface area (TPSA) is 78.9 Å². The van der Waals surface area contributed by atoms with Crippen LogP contribution in [-0.4, -0.2) is 20.9 Å². The summed E-state index contributed by atoms with van der Waals surface area (Å²) in [7, 11) is 0. The Bertz CT molecular complexity index is 1060. The average Bonchev–Trinajstić information content (AvgIpc) is 3.04. The molecule has 27 heavy (non-hydrogen) atoms. The first-order valence-corrected chi connectivity index (χ1v) is 8.89. The zero-order valence-electron chi connectivity index (χ0n) is 15.7. The Kier molecular flexibility index (Phi) is 5.09. The summed E-state index contributed by atoms with van der Waals surface area (Å²) in [5, 5.41) is 23.7. The van der Waals surface area contributed by atoms with Gasteiger partial charge in [-0.2, -0.15) is 10.4 Å². The van der Waals surface area contributed by atoms with Gasteiger partial charge in [0.2, 0.25) is 0 Å². The van der Waals surface area contributed by atoms with Crippen molar-refractivity contribution in [2.75, 3.05) is 0 Å². The van der Waals surface area contributed by atoms with E-state index >= 15 is 0 Å². The Morgan fingerprint density at radius 2 is 1.96 bits per heavy atom. The van der Waals surface area contributed by atoms with Crippen molar-refractivity contribution >= 4 is 5.97 Å². The number of carboxylic acids is 1. The van der Waals surface area contributed by atoms with Gasteiger partial charge >= 0.3 is 5.97 Å². The Morgan fingerprint density at radius 3 is 2.59 bits per heavy atom. The van der Waals surface area contributed by atoms with Gasteiger partial charge in [-0.25, -0.2) is 9.48 Å². The van der Waals surface area contributed by atoms with Crippen molar-refractivity contribution in [3.8, 4) is 23.0 Å². The summed E-state index contributed by atoms with van der Waals surface area (Å²) in [6.07, 6.45) is 1.40. The highest BCUT2D eigenvalue weighted by Crippen LogP contribution is 2.29. The highest BCUT2D eigenvalue weighted by Gasteiger charge is 2.25. The Labute approximate surface area is 158 Å². The molecule has 0 unspecified atom stereocenters. The second-order valence-corrected chi connectivity index (χ2v) is 6.60. The first kappa shape index (κ1) is 18.4. The molecular weight excluding hydrogens is 338 g/mol. The van der Waals surface area contributed by atoms with Crippen molar-refractivity contribution < 1.29 is 9.90 Å². The number of hydrogen-bond acceptors (Lipinski definition) is 3. The highest BCUT2D eigenvalue weighted by molar-refractivity contribution is 5.96. The van der Waals surface area contributed by atoms with Crippen LogP contribution in [0, 0.1) is 25.2 Å². The summed E-state index contributed by atoms with van der Waals surface area (Å²) < 4.78 is 1.73. The molecule has 1 N–H and O–H groups in total. The van der Waals surface area contributed by atoms with Crippen molar-refractivity contribution in [1.82, 2.24) is 9.78 Å². The van der Waals surface area contributed by atoms with Gasteiger partial charge in [0.15, 0.2) is 0 Å². The summed E-state index contributed by atoms with van der Waals surface area (Å²) in [5.74, 6) is -1.01.